The highest BCUT2D eigenvalue weighted by molar-refractivity contribution is 4.63. The Kier molecular flexibility index (Phi) is 13.1. The Morgan fingerprint density at radius 2 is 0.905 bits per heavy atom. The second-order valence-corrected chi connectivity index (χ2v) is 4.43. The molecule has 0 heterocycles. The molecule has 128 valence electrons. The second-order valence-electron chi connectivity index (χ2n) is 4.43. The zero-order valence-corrected chi connectivity index (χ0v) is 11.9. The zero-order chi connectivity index (χ0) is 16.1. The van der Waals surface area contributed by atoms with Crippen molar-refractivity contribution in [2.45, 2.75) is 24.4 Å². The third kappa shape index (κ3) is 10.1. The van der Waals surface area contributed by atoms with Crippen molar-refractivity contribution in [3.8, 4) is 0 Å². The molecular formula is C12H26O9. The van der Waals surface area contributed by atoms with Crippen LogP contribution in [0.15, 0.2) is 0 Å². The maximum Gasteiger partial charge on any atom is 0.104 e. The number of rotatable bonds is 14. The molecule has 6 N–H and O–H groups in total. The van der Waals surface area contributed by atoms with Crippen molar-refractivity contribution >= 4 is 0 Å². The van der Waals surface area contributed by atoms with E-state index in [0.29, 0.717) is 0 Å². The summed E-state index contributed by atoms with van der Waals surface area (Å²) in [5.41, 5.74) is 0. The van der Waals surface area contributed by atoms with Gasteiger partial charge in [0.15, 0.2) is 0 Å². The Hall–Kier alpha value is -0.360. The van der Waals surface area contributed by atoms with Crippen molar-refractivity contribution in [1.82, 2.24) is 0 Å². The van der Waals surface area contributed by atoms with Gasteiger partial charge in [-0.15, -0.1) is 0 Å². The molecule has 0 aromatic rings. The highest BCUT2D eigenvalue weighted by Gasteiger charge is 2.17. The van der Waals surface area contributed by atoms with Gasteiger partial charge in [0.1, 0.15) is 24.4 Å². The first-order chi connectivity index (χ1) is 10.1. The average molecular weight is 314 g/mol. The van der Waals surface area contributed by atoms with E-state index in [1.807, 2.05) is 0 Å². The maximum atomic E-state index is 9.23. The Morgan fingerprint density at radius 1 is 0.524 bits per heavy atom. The predicted molar refractivity (Wildman–Crippen MR) is 70.7 cm³/mol. The van der Waals surface area contributed by atoms with E-state index in [-0.39, 0.29) is 46.2 Å². The van der Waals surface area contributed by atoms with Gasteiger partial charge in [-0.05, 0) is 0 Å². The molecule has 0 amide bonds. The number of hydrogen-bond acceptors (Lipinski definition) is 9. The molecule has 0 bridgehead atoms. The van der Waals surface area contributed by atoms with Crippen LogP contribution in [0.3, 0.4) is 0 Å². The van der Waals surface area contributed by atoms with Crippen LogP contribution in [0.1, 0.15) is 0 Å². The average Bonchev–Trinajstić information content (AvgIpc) is 2.52. The molecule has 1 unspecified atom stereocenters. The van der Waals surface area contributed by atoms with Crippen molar-refractivity contribution in [3.63, 3.8) is 0 Å². The van der Waals surface area contributed by atoms with E-state index in [1.54, 1.807) is 0 Å². The summed E-state index contributed by atoms with van der Waals surface area (Å²) in [5.74, 6) is 0. The van der Waals surface area contributed by atoms with Gasteiger partial charge >= 0.3 is 0 Å². The molecule has 0 fully saturated rings. The molecule has 9 heteroatoms. The fourth-order valence-corrected chi connectivity index (χ4v) is 1.26. The molecule has 0 aromatic carbocycles. The monoisotopic (exact) mass is 314 g/mol. The van der Waals surface area contributed by atoms with Crippen LogP contribution in [0.2, 0.25) is 0 Å². The van der Waals surface area contributed by atoms with E-state index in [9.17, 15) is 5.11 Å². The number of ether oxygens (including phenoxy) is 3. The van der Waals surface area contributed by atoms with Gasteiger partial charge in [-0.25, -0.2) is 0 Å². The van der Waals surface area contributed by atoms with E-state index in [4.69, 9.17) is 39.7 Å². The SMILES string of the molecule is OCC(O)COC(COC(CO)CO)COC(CO)CO. The number of aliphatic hydroxyl groups is 6. The molecular weight excluding hydrogens is 288 g/mol. The first-order valence-corrected chi connectivity index (χ1v) is 6.68. The lowest BCUT2D eigenvalue weighted by Crippen LogP contribution is -2.36. The minimum atomic E-state index is -1.05. The van der Waals surface area contributed by atoms with Crippen LogP contribution >= 0.6 is 0 Å². The molecule has 9 nitrogen and oxygen atoms in total. The van der Waals surface area contributed by atoms with Crippen molar-refractivity contribution in [2.75, 3.05) is 52.9 Å². The largest absolute Gasteiger partial charge is 0.394 e. The third-order valence-corrected chi connectivity index (χ3v) is 2.59. The Bertz CT molecular complexity index is 205. The lowest BCUT2D eigenvalue weighted by Gasteiger charge is -2.23. The van der Waals surface area contributed by atoms with E-state index >= 15 is 0 Å². The molecule has 0 aliphatic rings. The van der Waals surface area contributed by atoms with Gasteiger partial charge in [-0.1, -0.05) is 0 Å². The molecule has 21 heavy (non-hydrogen) atoms. The Morgan fingerprint density at radius 3 is 1.24 bits per heavy atom. The Balaban J connectivity index is 4.25. The van der Waals surface area contributed by atoms with Crippen molar-refractivity contribution in [1.29, 1.82) is 0 Å². The summed E-state index contributed by atoms with van der Waals surface area (Å²) in [6.07, 6.45) is -3.23. The van der Waals surface area contributed by atoms with E-state index < -0.39 is 31.0 Å². The summed E-state index contributed by atoms with van der Waals surface area (Å²) in [7, 11) is 0. The van der Waals surface area contributed by atoms with Crippen LogP contribution in [0.25, 0.3) is 0 Å². The van der Waals surface area contributed by atoms with Gasteiger partial charge in [-0.3, -0.25) is 0 Å². The Labute approximate surface area is 123 Å². The second kappa shape index (κ2) is 13.3. The maximum absolute atomic E-state index is 9.23. The summed E-state index contributed by atoms with van der Waals surface area (Å²) in [5, 5.41) is 53.5. The number of hydrogen-bond donors (Lipinski definition) is 6. The summed E-state index contributed by atoms with van der Waals surface area (Å²) in [4.78, 5) is 0. The minimum Gasteiger partial charge on any atom is -0.394 e. The summed E-state index contributed by atoms with van der Waals surface area (Å²) in [6.45, 7) is -2.13. The fourth-order valence-electron chi connectivity index (χ4n) is 1.26. The summed E-state index contributed by atoms with van der Waals surface area (Å²) >= 11 is 0. The topological polar surface area (TPSA) is 149 Å². The van der Waals surface area contributed by atoms with E-state index in [0.717, 1.165) is 0 Å². The van der Waals surface area contributed by atoms with Crippen LogP contribution in [0, 0.1) is 0 Å². The molecule has 0 aliphatic heterocycles. The zero-order valence-electron chi connectivity index (χ0n) is 11.9. The highest BCUT2D eigenvalue weighted by Crippen LogP contribution is 2.02. The third-order valence-electron chi connectivity index (χ3n) is 2.59. The predicted octanol–water partition coefficient (Wildman–Crippen LogP) is -3.54. The highest BCUT2D eigenvalue weighted by atomic mass is 16.6. The van der Waals surface area contributed by atoms with Gasteiger partial charge in [0.05, 0.1) is 52.9 Å². The normalized spacial score (nSPS) is 13.6. The molecule has 0 saturated heterocycles. The first kappa shape index (κ1) is 20.6. The summed E-state index contributed by atoms with van der Waals surface area (Å²) in [6, 6.07) is 0. The van der Waals surface area contributed by atoms with Gasteiger partial charge in [-0.2, -0.15) is 0 Å². The lowest BCUT2D eigenvalue weighted by atomic mass is 10.3. The minimum absolute atomic E-state index is 0.0342. The standard InChI is InChI=1S/C12H26O9/c13-1-9(18)6-19-12(7-20-10(2-14)3-15)8-21-11(4-16)5-17/h9-18H,1-8H2. The fraction of sp³-hybridized carbons (Fsp3) is 1.00. The van der Waals surface area contributed by atoms with Crippen LogP contribution < -0.4 is 0 Å². The molecule has 0 aliphatic carbocycles. The number of aliphatic hydroxyl groups excluding tert-OH is 6. The van der Waals surface area contributed by atoms with Crippen molar-refractivity contribution < 1.29 is 44.8 Å². The van der Waals surface area contributed by atoms with Gasteiger partial charge in [0, 0.05) is 0 Å². The molecule has 0 saturated carbocycles. The summed E-state index contributed by atoms with van der Waals surface area (Å²) < 4.78 is 15.7. The van der Waals surface area contributed by atoms with E-state index in [1.165, 1.54) is 0 Å². The molecule has 0 rings (SSSR count). The smallest absolute Gasteiger partial charge is 0.104 e. The van der Waals surface area contributed by atoms with Crippen molar-refractivity contribution in [2.24, 2.45) is 0 Å². The first-order valence-electron chi connectivity index (χ1n) is 6.68. The molecule has 0 spiro atoms. The van der Waals surface area contributed by atoms with Crippen molar-refractivity contribution in [3.05, 3.63) is 0 Å². The van der Waals surface area contributed by atoms with Gasteiger partial charge in [0.25, 0.3) is 0 Å². The van der Waals surface area contributed by atoms with Gasteiger partial charge < -0.3 is 44.8 Å². The lowest BCUT2D eigenvalue weighted by molar-refractivity contribution is -0.127. The molecule has 0 radical (unpaired) electrons. The molecule has 0 aromatic heterocycles. The van der Waals surface area contributed by atoms with E-state index in [2.05, 4.69) is 0 Å². The van der Waals surface area contributed by atoms with Crippen LogP contribution in [-0.2, 0) is 14.2 Å². The quantitative estimate of drug-likeness (QED) is 0.192. The van der Waals surface area contributed by atoms with Crippen LogP contribution in [0.5, 0.6) is 0 Å². The van der Waals surface area contributed by atoms with Crippen LogP contribution in [0.4, 0.5) is 0 Å². The van der Waals surface area contributed by atoms with Gasteiger partial charge in [0.2, 0.25) is 0 Å². The van der Waals surface area contributed by atoms with Crippen LogP contribution in [-0.4, -0.2) is 108 Å². The molecule has 1 atom stereocenters.